The first-order valence-electron chi connectivity index (χ1n) is 5.73. The zero-order valence-electron chi connectivity index (χ0n) is 9.40. The molecule has 1 aliphatic rings. The summed E-state index contributed by atoms with van der Waals surface area (Å²) in [4.78, 5) is 12.1. The first-order chi connectivity index (χ1) is 8.25. The third-order valence-corrected chi connectivity index (χ3v) is 4.42. The Morgan fingerprint density at radius 1 is 1.41 bits per heavy atom. The zero-order chi connectivity index (χ0) is 11.9. The van der Waals surface area contributed by atoms with Gasteiger partial charge in [0.15, 0.2) is 0 Å². The van der Waals surface area contributed by atoms with Gasteiger partial charge in [0.2, 0.25) is 5.91 Å². The van der Waals surface area contributed by atoms with E-state index in [0.717, 1.165) is 23.9 Å². The molecule has 1 heterocycles. The highest BCUT2D eigenvalue weighted by molar-refractivity contribution is 7.17. The van der Waals surface area contributed by atoms with Crippen molar-refractivity contribution in [3.8, 4) is 0 Å². The minimum atomic E-state index is -0.289. The van der Waals surface area contributed by atoms with Gasteiger partial charge in [0.05, 0.1) is 11.1 Å². The van der Waals surface area contributed by atoms with Gasteiger partial charge in [-0.1, -0.05) is 18.2 Å². The Hall–Kier alpha value is -1.39. The summed E-state index contributed by atoms with van der Waals surface area (Å²) in [6.45, 7) is 0.445. The number of anilines is 1. The van der Waals surface area contributed by atoms with Crippen molar-refractivity contribution in [1.82, 2.24) is 0 Å². The second kappa shape index (κ2) is 3.82. The molecule has 1 amide bonds. The van der Waals surface area contributed by atoms with Gasteiger partial charge < -0.3 is 11.1 Å². The summed E-state index contributed by atoms with van der Waals surface area (Å²) < 4.78 is 1.19. The molecular weight excluding hydrogens is 232 g/mol. The smallest absolute Gasteiger partial charge is 0.231 e. The molecule has 1 saturated carbocycles. The second-order valence-electron chi connectivity index (χ2n) is 4.58. The summed E-state index contributed by atoms with van der Waals surface area (Å²) in [6.07, 6.45) is 1.83. The lowest BCUT2D eigenvalue weighted by atomic mass is 10.1. The number of carbonyl (C=O) groups is 1. The van der Waals surface area contributed by atoms with Gasteiger partial charge in [0.1, 0.15) is 0 Å². The summed E-state index contributed by atoms with van der Waals surface area (Å²) in [5.74, 6) is 0.0727. The predicted octanol–water partition coefficient (Wildman–Crippen LogP) is 2.58. The van der Waals surface area contributed by atoms with Crippen molar-refractivity contribution in [2.24, 2.45) is 11.1 Å². The maximum Gasteiger partial charge on any atom is 0.231 e. The van der Waals surface area contributed by atoms with Gasteiger partial charge in [-0.3, -0.25) is 4.79 Å². The van der Waals surface area contributed by atoms with Crippen LogP contribution in [0.4, 0.5) is 5.69 Å². The van der Waals surface area contributed by atoms with Crippen molar-refractivity contribution >= 4 is 33.0 Å². The van der Waals surface area contributed by atoms with Crippen LogP contribution in [0.15, 0.2) is 29.6 Å². The number of rotatable bonds is 3. The number of thiophene rings is 1. The van der Waals surface area contributed by atoms with Gasteiger partial charge in [0.25, 0.3) is 0 Å². The molecule has 0 bridgehead atoms. The number of carbonyl (C=O) groups excluding carboxylic acids is 1. The number of fused-ring (bicyclic) bond motifs is 1. The average Bonchev–Trinajstić information content (AvgIpc) is 3.07. The lowest BCUT2D eigenvalue weighted by Crippen LogP contribution is -2.30. The van der Waals surface area contributed by atoms with Crippen molar-refractivity contribution in [2.75, 3.05) is 11.9 Å². The van der Waals surface area contributed by atoms with E-state index in [9.17, 15) is 4.79 Å². The fourth-order valence-electron chi connectivity index (χ4n) is 2.00. The van der Waals surface area contributed by atoms with Crippen LogP contribution in [0.3, 0.4) is 0 Å². The molecule has 1 aromatic carbocycles. The number of hydrogen-bond donors (Lipinski definition) is 2. The minimum Gasteiger partial charge on any atom is -0.329 e. The molecule has 1 fully saturated rings. The summed E-state index contributed by atoms with van der Waals surface area (Å²) in [5.41, 5.74) is 6.28. The quantitative estimate of drug-likeness (QED) is 0.874. The predicted molar refractivity (Wildman–Crippen MR) is 71.2 cm³/mol. The maximum atomic E-state index is 12.1. The summed E-state index contributed by atoms with van der Waals surface area (Å²) in [7, 11) is 0. The Labute approximate surface area is 104 Å². The van der Waals surface area contributed by atoms with Crippen molar-refractivity contribution in [2.45, 2.75) is 12.8 Å². The fourth-order valence-corrected chi connectivity index (χ4v) is 2.90. The minimum absolute atomic E-state index is 0.0727. The van der Waals surface area contributed by atoms with E-state index >= 15 is 0 Å². The van der Waals surface area contributed by atoms with E-state index in [1.165, 1.54) is 4.70 Å². The summed E-state index contributed by atoms with van der Waals surface area (Å²) in [5, 5.41) is 6.12. The highest BCUT2D eigenvalue weighted by Gasteiger charge is 2.48. The Balaban J connectivity index is 1.88. The number of amides is 1. The van der Waals surface area contributed by atoms with E-state index in [0.29, 0.717) is 6.54 Å². The average molecular weight is 246 g/mol. The molecule has 4 heteroatoms. The molecule has 0 unspecified atom stereocenters. The largest absolute Gasteiger partial charge is 0.329 e. The normalized spacial score (nSPS) is 17.0. The van der Waals surface area contributed by atoms with E-state index in [1.54, 1.807) is 11.3 Å². The van der Waals surface area contributed by atoms with Crippen LogP contribution in [0.25, 0.3) is 10.1 Å². The van der Waals surface area contributed by atoms with Crippen molar-refractivity contribution in [3.63, 3.8) is 0 Å². The molecule has 17 heavy (non-hydrogen) atoms. The fraction of sp³-hybridized carbons (Fsp3) is 0.308. The van der Waals surface area contributed by atoms with Crippen LogP contribution in [-0.2, 0) is 4.79 Å². The van der Waals surface area contributed by atoms with Gasteiger partial charge >= 0.3 is 0 Å². The molecule has 3 rings (SSSR count). The summed E-state index contributed by atoms with van der Waals surface area (Å²) in [6, 6.07) is 8.09. The van der Waals surface area contributed by atoms with E-state index in [2.05, 4.69) is 11.4 Å². The number of hydrogen-bond acceptors (Lipinski definition) is 3. The highest BCUT2D eigenvalue weighted by Crippen LogP contribution is 2.45. The van der Waals surface area contributed by atoms with Crippen LogP contribution in [0.5, 0.6) is 0 Å². The first-order valence-corrected chi connectivity index (χ1v) is 6.61. The van der Waals surface area contributed by atoms with Crippen LogP contribution in [-0.4, -0.2) is 12.5 Å². The van der Waals surface area contributed by atoms with Gasteiger partial charge in [-0.25, -0.2) is 0 Å². The lowest BCUT2D eigenvalue weighted by Gasteiger charge is -2.11. The zero-order valence-corrected chi connectivity index (χ0v) is 10.2. The molecule has 0 spiro atoms. The van der Waals surface area contributed by atoms with Crippen molar-refractivity contribution < 1.29 is 4.79 Å². The number of benzene rings is 1. The van der Waals surface area contributed by atoms with E-state index in [4.69, 9.17) is 5.73 Å². The Bertz CT molecular complexity index is 572. The van der Waals surface area contributed by atoms with Crippen LogP contribution < -0.4 is 11.1 Å². The highest BCUT2D eigenvalue weighted by atomic mass is 32.1. The molecule has 3 N–H and O–H groups in total. The monoisotopic (exact) mass is 246 g/mol. The Morgan fingerprint density at radius 2 is 2.18 bits per heavy atom. The molecule has 0 aliphatic heterocycles. The van der Waals surface area contributed by atoms with Crippen LogP contribution in [0.1, 0.15) is 12.8 Å². The standard InChI is InChI=1S/C13H14N2OS/c14-8-13(5-6-13)12(16)15-10-7-17-11-4-2-1-3-9(10)11/h1-4,7H,5-6,8,14H2,(H,15,16). The first kappa shape index (κ1) is 10.7. The Morgan fingerprint density at radius 3 is 2.88 bits per heavy atom. The van der Waals surface area contributed by atoms with E-state index in [1.807, 2.05) is 23.6 Å². The molecule has 2 aromatic rings. The molecule has 88 valence electrons. The van der Waals surface area contributed by atoms with Gasteiger partial charge in [-0.05, 0) is 18.9 Å². The molecule has 0 atom stereocenters. The molecule has 1 aromatic heterocycles. The number of nitrogens with two attached hydrogens (primary N) is 1. The van der Waals surface area contributed by atoms with E-state index in [-0.39, 0.29) is 11.3 Å². The van der Waals surface area contributed by atoms with Crippen LogP contribution >= 0.6 is 11.3 Å². The maximum absolute atomic E-state index is 12.1. The van der Waals surface area contributed by atoms with Gasteiger partial charge in [-0.2, -0.15) is 0 Å². The second-order valence-corrected chi connectivity index (χ2v) is 5.50. The topological polar surface area (TPSA) is 55.1 Å². The van der Waals surface area contributed by atoms with Crippen LogP contribution in [0, 0.1) is 5.41 Å². The Kier molecular flexibility index (Phi) is 2.42. The van der Waals surface area contributed by atoms with Crippen molar-refractivity contribution in [3.05, 3.63) is 29.6 Å². The molecule has 0 radical (unpaired) electrons. The third-order valence-electron chi connectivity index (χ3n) is 3.46. The molecular formula is C13H14N2OS. The lowest BCUT2D eigenvalue weighted by molar-refractivity contribution is -0.120. The number of nitrogens with one attached hydrogen (secondary N) is 1. The molecule has 3 nitrogen and oxygen atoms in total. The van der Waals surface area contributed by atoms with E-state index < -0.39 is 0 Å². The van der Waals surface area contributed by atoms with Crippen molar-refractivity contribution in [1.29, 1.82) is 0 Å². The summed E-state index contributed by atoms with van der Waals surface area (Å²) >= 11 is 1.65. The SMILES string of the molecule is NCC1(C(=O)Nc2csc3ccccc23)CC1. The van der Waals surface area contributed by atoms with Gasteiger partial charge in [-0.15, -0.1) is 11.3 Å². The molecule has 0 saturated heterocycles. The third kappa shape index (κ3) is 1.73. The van der Waals surface area contributed by atoms with Gasteiger partial charge in [0, 0.05) is 22.0 Å². The molecule has 1 aliphatic carbocycles. The van der Waals surface area contributed by atoms with Crippen LogP contribution in [0.2, 0.25) is 0 Å².